The van der Waals surface area contributed by atoms with Crippen molar-refractivity contribution < 1.29 is 4.42 Å². The summed E-state index contributed by atoms with van der Waals surface area (Å²) in [4.78, 5) is 2.11. The highest BCUT2D eigenvalue weighted by Gasteiger charge is 2.12. The molecule has 0 saturated heterocycles. The van der Waals surface area contributed by atoms with Crippen molar-refractivity contribution in [2.75, 3.05) is 14.1 Å². The Kier molecular flexibility index (Phi) is 4.29. The molecule has 0 bridgehead atoms. The lowest BCUT2D eigenvalue weighted by Crippen LogP contribution is -2.09. The van der Waals surface area contributed by atoms with E-state index in [0.29, 0.717) is 4.75 Å². The molecule has 0 spiro atoms. The van der Waals surface area contributed by atoms with Gasteiger partial charge in [0, 0.05) is 4.75 Å². The van der Waals surface area contributed by atoms with Gasteiger partial charge in [-0.15, -0.1) is 11.8 Å². The van der Waals surface area contributed by atoms with Crippen LogP contribution < -0.4 is 0 Å². The molecule has 0 saturated carbocycles. The monoisotopic (exact) mass is 227 g/mol. The van der Waals surface area contributed by atoms with Gasteiger partial charge in [-0.2, -0.15) is 0 Å². The lowest BCUT2D eigenvalue weighted by molar-refractivity contribution is 0.344. The second-order valence-corrected chi connectivity index (χ2v) is 6.81. The fraction of sp³-hybridized carbons (Fsp3) is 0.667. The van der Waals surface area contributed by atoms with Crippen LogP contribution >= 0.6 is 11.8 Å². The Morgan fingerprint density at radius 1 is 1.20 bits per heavy atom. The molecule has 0 N–H and O–H groups in total. The highest BCUT2D eigenvalue weighted by molar-refractivity contribution is 7.99. The number of rotatable bonds is 4. The van der Waals surface area contributed by atoms with Crippen LogP contribution in [0, 0.1) is 0 Å². The predicted octanol–water partition coefficient (Wildman–Crippen LogP) is 3.37. The van der Waals surface area contributed by atoms with E-state index >= 15 is 0 Å². The van der Waals surface area contributed by atoms with Crippen LogP contribution in [0.25, 0.3) is 0 Å². The van der Waals surface area contributed by atoms with Crippen LogP contribution in [0.4, 0.5) is 0 Å². The van der Waals surface area contributed by atoms with Gasteiger partial charge in [-0.3, -0.25) is 0 Å². The van der Waals surface area contributed by atoms with Crippen LogP contribution in [-0.4, -0.2) is 23.7 Å². The highest BCUT2D eigenvalue weighted by Crippen LogP contribution is 2.27. The molecule has 0 radical (unpaired) electrons. The Morgan fingerprint density at radius 2 is 1.80 bits per heavy atom. The average molecular weight is 227 g/mol. The van der Waals surface area contributed by atoms with E-state index < -0.39 is 0 Å². The van der Waals surface area contributed by atoms with Gasteiger partial charge < -0.3 is 9.32 Å². The van der Waals surface area contributed by atoms with E-state index in [-0.39, 0.29) is 0 Å². The molecule has 0 aliphatic heterocycles. The molecule has 0 fully saturated rings. The third kappa shape index (κ3) is 5.28. The van der Waals surface area contributed by atoms with Gasteiger partial charge in [0.25, 0.3) is 0 Å². The maximum Gasteiger partial charge on any atom is 0.118 e. The molecule has 1 aromatic heterocycles. The van der Waals surface area contributed by atoms with E-state index in [1.54, 1.807) is 0 Å². The summed E-state index contributed by atoms with van der Waals surface area (Å²) in [7, 11) is 4.10. The van der Waals surface area contributed by atoms with Crippen LogP contribution in [0.5, 0.6) is 0 Å². The van der Waals surface area contributed by atoms with Crippen molar-refractivity contribution in [1.29, 1.82) is 0 Å². The minimum Gasteiger partial charge on any atom is -0.464 e. The molecule has 1 rings (SSSR count). The van der Waals surface area contributed by atoms with Gasteiger partial charge in [0.2, 0.25) is 0 Å². The first kappa shape index (κ1) is 12.7. The Labute approximate surface area is 97.0 Å². The molecule has 1 aromatic rings. The summed E-state index contributed by atoms with van der Waals surface area (Å²) in [5, 5.41) is 0. The molecular formula is C12H21NOS. The third-order valence-electron chi connectivity index (χ3n) is 1.84. The zero-order valence-electron chi connectivity index (χ0n) is 10.3. The maximum atomic E-state index is 5.73. The largest absolute Gasteiger partial charge is 0.464 e. The predicted molar refractivity (Wildman–Crippen MR) is 67.1 cm³/mol. The highest BCUT2D eigenvalue weighted by atomic mass is 32.2. The topological polar surface area (TPSA) is 16.4 Å². The second-order valence-electron chi connectivity index (χ2n) is 5.01. The lowest BCUT2D eigenvalue weighted by Gasteiger charge is -2.16. The van der Waals surface area contributed by atoms with Gasteiger partial charge in [0.1, 0.15) is 11.5 Å². The molecule has 0 aliphatic rings. The van der Waals surface area contributed by atoms with Crippen LogP contribution in [0.2, 0.25) is 0 Å². The van der Waals surface area contributed by atoms with Crippen molar-refractivity contribution in [1.82, 2.24) is 4.90 Å². The molecule has 0 amide bonds. The average Bonchev–Trinajstić information content (AvgIpc) is 2.46. The molecule has 3 heteroatoms. The molecule has 86 valence electrons. The smallest absolute Gasteiger partial charge is 0.118 e. The zero-order chi connectivity index (χ0) is 11.5. The van der Waals surface area contributed by atoms with E-state index in [0.717, 1.165) is 23.8 Å². The Morgan fingerprint density at radius 3 is 2.33 bits per heavy atom. The van der Waals surface area contributed by atoms with Crippen molar-refractivity contribution in [2.45, 2.75) is 37.8 Å². The molecule has 0 unspecified atom stereocenters. The first-order chi connectivity index (χ1) is 6.87. The van der Waals surface area contributed by atoms with Crippen molar-refractivity contribution in [3.05, 3.63) is 23.7 Å². The fourth-order valence-electron chi connectivity index (χ4n) is 1.18. The van der Waals surface area contributed by atoms with E-state index in [4.69, 9.17) is 4.42 Å². The van der Waals surface area contributed by atoms with Crippen LogP contribution in [0.1, 0.15) is 32.3 Å². The van der Waals surface area contributed by atoms with Gasteiger partial charge in [-0.25, -0.2) is 0 Å². The number of nitrogens with zero attached hydrogens (tertiary/aromatic N) is 1. The van der Waals surface area contributed by atoms with E-state index in [1.165, 1.54) is 0 Å². The SMILES string of the molecule is CN(C)Cc1ccc(CSC(C)(C)C)o1. The quantitative estimate of drug-likeness (QED) is 0.784. The maximum absolute atomic E-state index is 5.73. The Balaban J connectivity index is 2.46. The number of hydrogen-bond acceptors (Lipinski definition) is 3. The molecule has 15 heavy (non-hydrogen) atoms. The normalized spacial score (nSPS) is 12.4. The van der Waals surface area contributed by atoms with Crippen molar-refractivity contribution in [3.8, 4) is 0 Å². The lowest BCUT2D eigenvalue weighted by atomic mass is 10.3. The summed E-state index contributed by atoms with van der Waals surface area (Å²) in [5.41, 5.74) is 0. The fourth-order valence-corrected chi connectivity index (χ4v) is 1.91. The standard InChI is InChI=1S/C12H21NOS/c1-12(2,3)15-9-11-7-6-10(14-11)8-13(4)5/h6-7H,8-9H2,1-5H3. The first-order valence-corrected chi connectivity index (χ1v) is 6.22. The molecular weight excluding hydrogens is 206 g/mol. The van der Waals surface area contributed by atoms with Gasteiger partial charge in [0.15, 0.2) is 0 Å². The minimum atomic E-state index is 0.300. The van der Waals surface area contributed by atoms with Crippen LogP contribution in [0.3, 0.4) is 0 Å². The molecule has 1 heterocycles. The van der Waals surface area contributed by atoms with E-state index in [1.807, 2.05) is 25.9 Å². The number of thioether (sulfide) groups is 1. The Hall–Kier alpha value is -0.410. The molecule has 2 nitrogen and oxygen atoms in total. The van der Waals surface area contributed by atoms with Crippen molar-refractivity contribution in [3.63, 3.8) is 0 Å². The van der Waals surface area contributed by atoms with Gasteiger partial charge in [0.05, 0.1) is 12.3 Å². The van der Waals surface area contributed by atoms with E-state index in [2.05, 4.69) is 37.8 Å². The molecule has 0 atom stereocenters. The van der Waals surface area contributed by atoms with Gasteiger partial charge in [-0.1, -0.05) is 20.8 Å². The third-order valence-corrected chi connectivity index (χ3v) is 3.13. The van der Waals surface area contributed by atoms with Crippen LogP contribution in [-0.2, 0) is 12.3 Å². The van der Waals surface area contributed by atoms with Crippen molar-refractivity contribution >= 4 is 11.8 Å². The molecule has 0 aromatic carbocycles. The minimum absolute atomic E-state index is 0.300. The summed E-state index contributed by atoms with van der Waals surface area (Å²) in [6, 6.07) is 4.15. The van der Waals surface area contributed by atoms with E-state index in [9.17, 15) is 0 Å². The van der Waals surface area contributed by atoms with Gasteiger partial charge in [-0.05, 0) is 26.2 Å². The number of hydrogen-bond donors (Lipinski definition) is 0. The summed E-state index contributed by atoms with van der Waals surface area (Å²) in [5.74, 6) is 3.08. The van der Waals surface area contributed by atoms with Gasteiger partial charge >= 0.3 is 0 Å². The summed E-state index contributed by atoms with van der Waals surface area (Å²) < 4.78 is 6.03. The number of furan rings is 1. The zero-order valence-corrected chi connectivity index (χ0v) is 11.1. The summed E-state index contributed by atoms with van der Waals surface area (Å²) in [6.07, 6.45) is 0. The molecule has 0 aliphatic carbocycles. The Bertz CT molecular complexity index is 299. The second kappa shape index (κ2) is 5.08. The first-order valence-electron chi connectivity index (χ1n) is 5.23. The van der Waals surface area contributed by atoms with Crippen molar-refractivity contribution in [2.24, 2.45) is 0 Å². The summed E-state index contributed by atoms with van der Waals surface area (Å²) >= 11 is 1.91. The summed E-state index contributed by atoms with van der Waals surface area (Å²) in [6.45, 7) is 7.55. The van der Waals surface area contributed by atoms with Crippen LogP contribution in [0.15, 0.2) is 16.5 Å².